The molecule has 0 spiro atoms. The third-order valence-electron chi connectivity index (χ3n) is 5.99. The standard InChI is InChI=1S/C27H29N7/c1-18-6-10-20(11-7-18)24-14-26(33-31-24)28-16-22-4-3-5-23(30-22)17-29-27-15-25(32-34-27)21-12-8-19(2)9-13-21/h3-8,10-12,14-15H,9,13,16-17H2,1-2H3,(H2,28,31,33)(H2,29,32,34). The summed E-state index contributed by atoms with van der Waals surface area (Å²) >= 11 is 0. The number of hydrogen-bond acceptors (Lipinski definition) is 5. The summed E-state index contributed by atoms with van der Waals surface area (Å²) in [4.78, 5) is 4.76. The zero-order valence-corrected chi connectivity index (χ0v) is 19.5. The highest BCUT2D eigenvalue weighted by atomic mass is 15.2. The van der Waals surface area contributed by atoms with E-state index in [0.717, 1.165) is 52.8 Å². The molecule has 4 aromatic rings. The Kier molecular flexibility index (Phi) is 6.25. The Morgan fingerprint density at radius 1 is 0.765 bits per heavy atom. The van der Waals surface area contributed by atoms with E-state index >= 15 is 0 Å². The number of aromatic nitrogens is 5. The lowest BCUT2D eigenvalue weighted by Gasteiger charge is -2.09. The quantitative estimate of drug-likeness (QED) is 0.270. The van der Waals surface area contributed by atoms with Crippen LogP contribution in [0.4, 0.5) is 11.6 Å². The molecule has 172 valence electrons. The highest BCUT2D eigenvalue weighted by Crippen LogP contribution is 2.26. The van der Waals surface area contributed by atoms with Gasteiger partial charge in [0.15, 0.2) is 0 Å². The van der Waals surface area contributed by atoms with Gasteiger partial charge < -0.3 is 10.6 Å². The fourth-order valence-electron chi connectivity index (χ4n) is 3.92. The number of pyridine rings is 1. The zero-order valence-electron chi connectivity index (χ0n) is 19.5. The predicted molar refractivity (Wildman–Crippen MR) is 137 cm³/mol. The third-order valence-corrected chi connectivity index (χ3v) is 5.99. The average Bonchev–Trinajstić information content (AvgIpc) is 3.53. The topological polar surface area (TPSA) is 94.3 Å². The summed E-state index contributed by atoms with van der Waals surface area (Å²) in [6, 6.07) is 18.5. The van der Waals surface area contributed by atoms with Gasteiger partial charge in [-0.25, -0.2) is 0 Å². The molecule has 7 heteroatoms. The molecule has 7 nitrogen and oxygen atoms in total. The van der Waals surface area contributed by atoms with Crippen LogP contribution in [0.25, 0.3) is 16.8 Å². The van der Waals surface area contributed by atoms with Crippen LogP contribution in [0.3, 0.4) is 0 Å². The van der Waals surface area contributed by atoms with Crippen molar-refractivity contribution >= 4 is 17.2 Å². The van der Waals surface area contributed by atoms with Crippen molar-refractivity contribution in [2.24, 2.45) is 0 Å². The van der Waals surface area contributed by atoms with E-state index in [2.05, 4.69) is 87.4 Å². The predicted octanol–water partition coefficient (Wildman–Crippen LogP) is 5.85. The molecule has 0 fully saturated rings. The van der Waals surface area contributed by atoms with Crippen molar-refractivity contribution in [3.8, 4) is 11.3 Å². The fraction of sp³-hybridized carbons (Fsp3) is 0.222. The van der Waals surface area contributed by atoms with Crippen molar-refractivity contribution in [2.45, 2.75) is 39.8 Å². The Morgan fingerprint density at radius 3 is 2.06 bits per heavy atom. The van der Waals surface area contributed by atoms with E-state index in [4.69, 9.17) is 4.98 Å². The zero-order chi connectivity index (χ0) is 23.3. The number of H-pyrrole nitrogens is 2. The third kappa shape index (κ3) is 5.26. The molecule has 3 heterocycles. The Hall–Kier alpha value is -4.13. The lowest BCUT2D eigenvalue weighted by molar-refractivity contribution is 0.945. The normalized spacial score (nSPS) is 13.4. The second kappa shape index (κ2) is 9.79. The van der Waals surface area contributed by atoms with Gasteiger partial charge in [0.05, 0.1) is 35.9 Å². The Balaban J connectivity index is 1.16. The number of aryl methyl sites for hydroxylation is 1. The van der Waals surface area contributed by atoms with E-state index in [1.54, 1.807) is 0 Å². The van der Waals surface area contributed by atoms with Gasteiger partial charge in [0, 0.05) is 12.1 Å². The maximum Gasteiger partial charge on any atom is 0.148 e. The Labute approximate surface area is 199 Å². The van der Waals surface area contributed by atoms with Gasteiger partial charge in [-0.1, -0.05) is 53.6 Å². The number of rotatable bonds is 8. The molecule has 4 N–H and O–H groups in total. The minimum absolute atomic E-state index is 0.597. The number of benzene rings is 1. The molecule has 1 aromatic carbocycles. The first-order valence-corrected chi connectivity index (χ1v) is 11.6. The average molecular weight is 452 g/mol. The molecular weight excluding hydrogens is 422 g/mol. The molecule has 0 unspecified atom stereocenters. The van der Waals surface area contributed by atoms with Crippen LogP contribution in [0, 0.1) is 6.92 Å². The van der Waals surface area contributed by atoms with Gasteiger partial charge in [-0.05, 0) is 50.0 Å². The minimum Gasteiger partial charge on any atom is -0.363 e. The molecule has 0 bridgehead atoms. The second-order valence-corrected chi connectivity index (χ2v) is 8.73. The SMILES string of the molecule is CC1=CC=C(c2cc(NCc3cccc(CNc4cc(-c5ccc(C)cc5)[nH]n4)n3)n[nH]2)CC1. The van der Waals surface area contributed by atoms with Crippen LogP contribution < -0.4 is 10.6 Å². The first-order chi connectivity index (χ1) is 16.6. The van der Waals surface area contributed by atoms with Crippen LogP contribution in [0.2, 0.25) is 0 Å². The van der Waals surface area contributed by atoms with Crippen LogP contribution in [-0.4, -0.2) is 25.4 Å². The minimum atomic E-state index is 0.597. The number of aromatic amines is 2. The van der Waals surface area contributed by atoms with Crippen LogP contribution in [0.1, 0.15) is 42.4 Å². The maximum atomic E-state index is 4.76. The van der Waals surface area contributed by atoms with E-state index in [1.165, 1.54) is 16.7 Å². The summed E-state index contributed by atoms with van der Waals surface area (Å²) in [6.45, 7) is 5.46. The number of hydrogen-bond donors (Lipinski definition) is 4. The van der Waals surface area contributed by atoms with Crippen LogP contribution in [0.5, 0.6) is 0 Å². The highest BCUT2D eigenvalue weighted by molar-refractivity contribution is 5.68. The molecule has 0 saturated carbocycles. The van der Waals surface area contributed by atoms with Crippen molar-refractivity contribution in [3.63, 3.8) is 0 Å². The number of anilines is 2. The van der Waals surface area contributed by atoms with Gasteiger partial charge in [-0.2, -0.15) is 10.2 Å². The van der Waals surface area contributed by atoms with Crippen LogP contribution >= 0.6 is 0 Å². The molecule has 0 aliphatic heterocycles. The second-order valence-electron chi connectivity index (χ2n) is 8.73. The molecule has 0 saturated heterocycles. The van der Waals surface area contributed by atoms with Gasteiger partial charge in [-0.15, -0.1) is 0 Å². The monoisotopic (exact) mass is 451 g/mol. The van der Waals surface area contributed by atoms with E-state index < -0.39 is 0 Å². The molecular formula is C27H29N7. The van der Waals surface area contributed by atoms with Crippen molar-refractivity contribution in [1.29, 1.82) is 0 Å². The molecule has 1 aliphatic rings. The van der Waals surface area contributed by atoms with E-state index in [0.29, 0.717) is 13.1 Å². The van der Waals surface area contributed by atoms with Crippen molar-refractivity contribution in [1.82, 2.24) is 25.4 Å². The van der Waals surface area contributed by atoms with E-state index in [9.17, 15) is 0 Å². The molecule has 1 aliphatic carbocycles. The largest absolute Gasteiger partial charge is 0.363 e. The van der Waals surface area contributed by atoms with Crippen LogP contribution in [0.15, 0.2) is 72.3 Å². The molecule has 3 aromatic heterocycles. The lowest BCUT2D eigenvalue weighted by Crippen LogP contribution is -2.06. The van der Waals surface area contributed by atoms with Gasteiger partial charge in [0.1, 0.15) is 11.6 Å². The van der Waals surface area contributed by atoms with E-state index in [1.807, 2.05) is 24.3 Å². The summed E-state index contributed by atoms with van der Waals surface area (Å²) in [7, 11) is 0. The van der Waals surface area contributed by atoms with Crippen molar-refractivity contribution in [3.05, 3.63) is 95.0 Å². The number of nitrogens with one attached hydrogen (secondary N) is 4. The first kappa shape index (κ1) is 21.7. The summed E-state index contributed by atoms with van der Waals surface area (Å²) in [6.07, 6.45) is 6.51. The summed E-state index contributed by atoms with van der Waals surface area (Å²) in [5, 5.41) is 21.7. The van der Waals surface area contributed by atoms with Crippen molar-refractivity contribution < 1.29 is 0 Å². The fourth-order valence-corrected chi connectivity index (χ4v) is 3.92. The molecule has 0 amide bonds. The van der Waals surface area contributed by atoms with Gasteiger partial charge in [0.2, 0.25) is 0 Å². The lowest BCUT2D eigenvalue weighted by atomic mass is 9.97. The molecule has 34 heavy (non-hydrogen) atoms. The smallest absolute Gasteiger partial charge is 0.148 e. The first-order valence-electron chi connectivity index (χ1n) is 11.6. The molecule has 5 rings (SSSR count). The Bertz CT molecular complexity index is 1330. The summed E-state index contributed by atoms with van der Waals surface area (Å²) < 4.78 is 0. The van der Waals surface area contributed by atoms with Gasteiger partial charge >= 0.3 is 0 Å². The molecule has 0 radical (unpaired) electrons. The highest BCUT2D eigenvalue weighted by Gasteiger charge is 2.10. The number of allylic oxidation sites excluding steroid dienone is 4. The van der Waals surface area contributed by atoms with Gasteiger partial charge in [-0.3, -0.25) is 15.2 Å². The van der Waals surface area contributed by atoms with Crippen LogP contribution in [-0.2, 0) is 13.1 Å². The maximum absolute atomic E-state index is 4.76. The van der Waals surface area contributed by atoms with E-state index in [-0.39, 0.29) is 0 Å². The van der Waals surface area contributed by atoms with Gasteiger partial charge in [0.25, 0.3) is 0 Å². The van der Waals surface area contributed by atoms with Crippen molar-refractivity contribution in [2.75, 3.05) is 10.6 Å². The summed E-state index contributed by atoms with van der Waals surface area (Å²) in [5.41, 5.74) is 9.04. The molecule has 0 atom stereocenters. The Morgan fingerprint density at radius 2 is 1.41 bits per heavy atom. The summed E-state index contributed by atoms with van der Waals surface area (Å²) in [5.74, 6) is 1.62. The number of nitrogens with zero attached hydrogens (tertiary/aromatic N) is 3.